The van der Waals surface area contributed by atoms with Gasteiger partial charge in [0.25, 0.3) is 0 Å². The third kappa shape index (κ3) is 1.82. The van der Waals surface area contributed by atoms with Crippen molar-refractivity contribution in [3.05, 3.63) is 11.1 Å². The molecule has 2 saturated carbocycles. The minimum atomic E-state index is -2.53. The fourth-order valence-electron chi connectivity index (χ4n) is 6.92. The number of esters is 1. The number of cyclic esters (lactones) is 1. The Kier molecular flexibility index (Phi) is 3.57. The second kappa shape index (κ2) is 5.21. The predicted octanol–water partition coefficient (Wildman–Crippen LogP) is -1.87. The van der Waals surface area contributed by atoms with Gasteiger partial charge in [0, 0.05) is 11.0 Å². The van der Waals surface area contributed by atoms with E-state index in [1.807, 2.05) is 0 Å². The summed E-state index contributed by atoms with van der Waals surface area (Å²) in [7, 11) is 0. The van der Waals surface area contributed by atoms with E-state index in [0.717, 1.165) is 5.57 Å². The molecule has 9 heteroatoms. The molecular formula is C20H28O9. The molecule has 9 nitrogen and oxygen atoms in total. The van der Waals surface area contributed by atoms with Crippen LogP contribution in [0.25, 0.3) is 0 Å². The molecular weight excluding hydrogens is 384 g/mol. The van der Waals surface area contributed by atoms with Gasteiger partial charge < -0.3 is 40.1 Å². The molecule has 6 N–H and O–H groups in total. The monoisotopic (exact) mass is 412 g/mol. The van der Waals surface area contributed by atoms with Crippen molar-refractivity contribution in [3.8, 4) is 0 Å². The predicted molar refractivity (Wildman–Crippen MR) is 95.3 cm³/mol. The number of hydrogen-bond acceptors (Lipinski definition) is 9. The fourth-order valence-corrected chi connectivity index (χ4v) is 6.92. The standard InChI is InChI=1S/C20H28O9/c1-16(2,25)18(26)12(21)13(22)20(27)17(3)5-4-8-9(7-28-14(8)23)10(17)6-11-19(20,29-11)15(18)24/h10-13,15,21-22,24-27H,4-7H2,1-3H3/t10-,11-,12+,13+,15+,17-,18-,19+,20+/m0/s1. The molecule has 3 aliphatic carbocycles. The van der Waals surface area contributed by atoms with Crippen molar-refractivity contribution in [1.29, 1.82) is 0 Å². The summed E-state index contributed by atoms with van der Waals surface area (Å²) in [6.07, 6.45) is -5.52. The molecule has 0 aromatic carbocycles. The van der Waals surface area contributed by atoms with E-state index in [2.05, 4.69) is 0 Å². The Morgan fingerprint density at radius 3 is 2.41 bits per heavy atom. The van der Waals surface area contributed by atoms with Gasteiger partial charge in [-0.05, 0) is 44.6 Å². The van der Waals surface area contributed by atoms with Crippen molar-refractivity contribution in [2.24, 2.45) is 11.3 Å². The van der Waals surface area contributed by atoms with Crippen LogP contribution in [-0.4, -0.2) is 90.0 Å². The van der Waals surface area contributed by atoms with Crippen molar-refractivity contribution in [2.75, 3.05) is 6.61 Å². The summed E-state index contributed by atoms with van der Waals surface area (Å²) in [6.45, 7) is 4.30. The SMILES string of the molecule is CC(C)(O)[C@]1(O)[C@H](O)[C@@H](O)[C@]2(O)[C@]3(O[C@H]3C[C@H]3C4=C(CC[C@@]32C)C(=O)OC4)[C@@H]1O. The Bertz CT molecular complexity index is 832. The van der Waals surface area contributed by atoms with Crippen LogP contribution in [0.3, 0.4) is 0 Å². The zero-order valence-corrected chi connectivity index (χ0v) is 16.6. The summed E-state index contributed by atoms with van der Waals surface area (Å²) in [5.74, 6) is -0.728. The summed E-state index contributed by atoms with van der Waals surface area (Å²) in [6, 6.07) is 0. The van der Waals surface area contributed by atoms with Crippen LogP contribution in [-0.2, 0) is 14.3 Å². The van der Waals surface area contributed by atoms with Crippen LogP contribution in [0, 0.1) is 11.3 Å². The van der Waals surface area contributed by atoms with Crippen molar-refractivity contribution < 1.29 is 44.9 Å². The van der Waals surface area contributed by atoms with Crippen molar-refractivity contribution >= 4 is 5.97 Å². The quantitative estimate of drug-likeness (QED) is 0.214. The lowest BCUT2D eigenvalue weighted by Crippen LogP contribution is -2.87. The summed E-state index contributed by atoms with van der Waals surface area (Å²) in [5.41, 5.74) is -8.09. The van der Waals surface area contributed by atoms with Gasteiger partial charge in [0.1, 0.15) is 36.1 Å². The number of fused-ring (bicyclic) bond motifs is 3. The molecule has 9 atom stereocenters. The zero-order chi connectivity index (χ0) is 21.4. The van der Waals surface area contributed by atoms with Crippen LogP contribution in [0.2, 0.25) is 0 Å². The van der Waals surface area contributed by atoms with Gasteiger partial charge >= 0.3 is 5.97 Å². The smallest absolute Gasteiger partial charge is 0.334 e. The van der Waals surface area contributed by atoms with Gasteiger partial charge in [-0.25, -0.2) is 4.79 Å². The van der Waals surface area contributed by atoms with Crippen LogP contribution in [0.15, 0.2) is 11.1 Å². The molecule has 0 aromatic rings. The number of carbonyl (C=O) groups excluding carboxylic acids is 1. The van der Waals surface area contributed by atoms with Gasteiger partial charge in [-0.3, -0.25) is 0 Å². The number of hydrogen-bond donors (Lipinski definition) is 6. The largest absolute Gasteiger partial charge is 0.458 e. The van der Waals surface area contributed by atoms with Crippen LogP contribution in [0.1, 0.15) is 40.0 Å². The Labute approximate surface area is 167 Å². The second-order valence-electron chi connectivity index (χ2n) is 10.1. The summed E-state index contributed by atoms with van der Waals surface area (Å²) >= 11 is 0. The Morgan fingerprint density at radius 1 is 1.14 bits per heavy atom. The molecule has 0 radical (unpaired) electrons. The van der Waals surface area contributed by atoms with E-state index in [9.17, 15) is 35.4 Å². The molecule has 1 spiro atoms. The highest BCUT2D eigenvalue weighted by Crippen LogP contribution is 2.72. The minimum Gasteiger partial charge on any atom is -0.458 e. The maximum absolute atomic E-state index is 12.0. The Hall–Kier alpha value is -1.07. The molecule has 29 heavy (non-hydrogen) atoms. The molecule has 2 aliphatic heterocycles. The molecule has 0 amide bonds. The summed E-state index contributed by atoms with van der Waals surface area (Å²) < 4.78 is 11.0. The van der Waals surface area contributed by atoms with E-state index in [1.165, 1.54) is 13.8 Å². The van der Waals surface area contributed by atoms with Gasteiger partial charge in [-0.1, -0.05) is 6.92 Å². The number of carbonyl (C=O) groups is 1. The third-order valence-electron chi connectivity index (χ3n) is 8.73. The molecule has 0 unspecified atom stereocenters. The van der Waals surface area contributed by atoms with Gasteiger partial charge in [-0.15, -0.1) is 0 Å². The number of epoxide rings is 1. The van der Waals surface area contributed by atoms with E-state index in [4.69, 9.17) is 9.47 Å². The Balaban J connectivity index is 1.68. The first-order chi connectivity index (χ1) is 13.3. The normalized spacial score (nSPS) is 56.2. The molecule has 2 heterocycles. The number of rotatable bonds is 1. The second-order valence-corrected chi connectivity index (χ2v) is 10.1. The molecule has 5 aliphatic rings. The molecule has 3 fully saturated rings. The van der Waals surface area contributed by atoms with Crippen molar-refractivity contribution in [3.63, 3.8) is 0 Å². The van der Waals surface area contributed by atoms with E-state index in [0.29, 0.717) is 24.8 Å². The van der Waals surface area contributed by atoms with Crippen LogP contribution in [0.5, 0.6) is 0 Å². The molecule has 162 valence electrons. The molecule has 1 saturated heterocycles. The van der Waals surface area contributed by atoms with Crippen LogP contribution >= 0.6 is 0 Å². The molecule has 0 bridgehead atoms. The average Bonchev–Trinajstić information content (AvgIpc) is 3.27. The molecule has 0 aromatic heterocycles. The maximum Gasteiger partial charge on any atom is 0.334 e. The average molecular weight is 412 g/mol. The zero-order valence-electron chi connectivity index (χ0n) is 16.6. The van der Waals surface area contributed by atoms with Gasteiger partial charge in [0.05, 0.1) is 11.7 Å². The third-order valence-corrected chi connectivity index (χ3v) is 8.73. The first-order valence-electron chi connectivity index (χ1n) is 10.1. The lowest BCUT2D eigenvalue weighted by molar-refractivity contribution is -0.355. The van der Waals surface area contributed by atoms with Crippen molar-refractivity contribution in [1.82, 2.24) is 0 Å². The van der Waals surface area contributed by atoms with E-state index in [-0.39, 0.29) is 18.5 Å². The van der Waals surface area contributed by atoms with E-state index >= 15 is 0 Å². The highest BCUT2D eigenvalue weighted by molar-refractivity contribution is 5.92. The van der Waals surface area contributed by atoms with Crippen LogP contribution < -0.4 is 0 Å². The topological polar surface area (TPSA) is 160 Å². The number of aliphatic hydroxyl groups is 6. The van der Waals surface area contributed by atoms with Crippen LogP contribution in [0.4, 0.5) is 0 Å². The highest BCUT2D eigenvalue weighted by Gasteiger charge is 2.90. The van der Waals surface area contributed by atoms with E-state index < -0.39 is 52.2 Å². The molecule has 5 rings (SSSR count). The first kappa shape index (κ1) is 19.9. The van der Waals surface area contributed by atoms with Crippen molar-refractivity contribution in [2.45, 2.75) is 86.9 Å². The van der Waals surface area contributed by atoms with Gasteiger partial charge in [0.2, 0.25) is 0 Å². The number of aliphatic hydroxyl groups excluding tert-OH is 3. The Morgan fingerprint density at radius 2 is 1.79 bits per heavy atom. The minimum absolute atomic E-state index is 0.110. The fraction of sp³-hybridized carbons (Fsp3) is 0.850. The lowest BCUT2D eigenvalue weighted by atomic mass is 9.42. The summed E-state index contributed by atoms with van der Waals surface area (Å²) in [4.78, 5) is 12.0. The van der Waals surface area contributed by atoms with Gasteiger partial charge in [-0.2, -0.15) is 0 Å². The summed E-state index contributed by atoms with van der Waals surface area (Å²) in [5, 5.41) is 66.9. The van der Waals surface area contributed by atoms with Gasteiger partial charge in [0.15, 0.2) is 5.60 Å². The highest BCUT2D eigenvalue weighted by atomic mass is 16.6. The first-order valence-corrected chi connectivity index (χ1v) is 10.1. The van der Waals surface area contributed by atoms with E-state index in [1.54, 1.807) is 6.92 Å². The maximum atomic E-state index is 12.0. The number of ether oxygens (including phenoxy) is 2. The lowest BCUT2D eigenvalue weighted by Gasteiger charge is -2.65.